The van der Waals surface area contributed by atoms with E-state index < -0.39 is 0 Å². The molecule has 0 fully saturated rings. The molecule has 1 aromatic carbocycles. The third-order valence-electron chi connectivity index (χ3n) is 2.78. The fourth-order valence-corrected chi connectivity index (χ4v) is 1.92. The normalized spacial score (nSPS) is 19.2. The summed E-state index contributed by atoms with van der Waals surface area (Å²) in [6.07, 6.45) is 6.46. The zero-order valence-electron chi connectivity index (χ0n) is 9.89. The van der Waals surface area contributed by atoms with Crippen molar-refractivity contribution >= 4 is 42.6 Å². The molecule has 2 aliphatic rings. The Hall–Kier alpha value is -1.71. The lowest BCUT2D eigenvalue weighted by Crippen LogP contribution is -2.15. The summed E-state index contributed by atoms with van der Waals surface area (Å²) in [6, 6.07) is 9.77. The minimum absolute atomic E-state index is 0. The summed E-state index contributed by atoms with van der Waals surface area (Å²) in [7, 11) is 0. The highest BCUT2D eigenvalue weighted by atomic mass is 35.5. The summed E-state index contributed by atoms with van der Waals surface area (Å²) in [6.45, 7) is 0. The summed E-state index contributed by atoms with van der Waals surface area (Å²) in [5.41, 5.74) is 2.52. The van der Waals surface area contributed by atoms with E-state index in [-0.39, 0.29) is 30.7 Å². The van der Waals surface area contributed by atoms with Crippen LogP contribution in [-0.4, -0.2) is 17.8 Å². The molecule has 0 aromatic heterocycles. The average Bonchev–Trinajstić information content (AvgIpc) is 2.83. The van der Waals surface area contributed by atoms with Gasteiger partial charge in [0.1, 0.15) is 6.29 Å². The quantitative estimate of drug-likeness (QED) is 0.773. The van der Waals surface area contributed by atoms with E-state index in [2.05, 4.69) is 9.98 Å². The van der Waals surface area contributed by atoms with Gasteiger partial charge in [-0.25, -0.2) is 9.98 Å². The van der Waals surface area contributed by atoms with Crippen molar-refractivity contribution in [3.63, 3.8) is 0 Å². The Morgan fingerprint density at radius 2 is 1.79 bits per heavy atom. The Morgan fingerprint density at radius 3 is 2.47 bits per heavy atom. The smallest absolute Gasteiger partial charge is 0.160 e. The molecular formula is C14H12Cl2N2O. The highest BCUT2D eigenvalue weighted by Gasteiger charge is 2.25. The lowest BCUT2D eigenvalue weighted by Gasteiger charge is -2.08. The van der Waals surface area contributed by atoms with Crippen molar-refractivity contribution in [2.75, 3.05) is 0 Å². The van der Waals surface area contributed by atoms with Crippen LogP contribution in [0.4, 0.5) is 0 Å². The average molecular weight is 295 g/mol. The number of nitrogens with zero attached hydrogens (tertiary/aromatic N) is 2. The molecule has 1 aromatic rings. The van der Waals surface area contributed by atoms with Gasteiger partial charge in [0.15, 0.2) is 5.84 Å². The number of hydrogen-bond donors (Lipinski definition) is 0. The molecule has 0 saturated carbocycles. The number of halogens is 2. The Balaban J connectivity index is 0.000000902. The predicted molar refractivity (Wildman–Crippen MR) is 81.7 cm³/mol. The molecule has 0 saturated heterocycles. The van der Waals surface area contributed by atoms with Gasteiger partial charge in [-0.1, -0.05) is 42.5 Å². The summed E-state index contributed by atoms with van der Waals surface area (Å²) in [4.78, 5) is 19.8. The van der Waals surface area contributed by atoms with Crippen LogP contribution in [0, 0.1) is 5.92 Å². The largest absolute Gasteiger partial charge is 0.302 e. The molecule has 5 heteroatoms. The summed E-state index contributed by atoms with van der Waals surface area (Å²) in [5, 5.41) is 0. The Morgan fingerprint density at radius 1 is 1.05 bits per heavy atom. The van der Waals surface area contributed by atoms with E-state index in [1.807, 2.05) is 48.6 Å². The van der Waals surface area contributed by atoms with E-state index in [4.69, 9.17) is 0 Å². The summed E-state index contributed by atoms with van der Waals surface area (Å²) < 4.78 is 0. The van der Waals surface area contributed by atoms with Crippen LogP contribution in [0.25, 0.3) is 0 Å². The van der Waals surface area contributed by atoms with Crippen LogP contribution in [-0.2, 0) is 4.79 Å². The molecule has 1 aliphatic carbocycles. The van der Waals surface area contributed by atoms with Gasteiger partial charge in [-0.05, 0) is 6.08 Å². The van der Waals surface area contributed by atoms with E-state index >= 15 is 0 Å². The molecule has 3 rings (SSSR count). The molecule has 0 bridgehead atoms. The third-order valence-corrected chi connectivity index (χ3v) is 2.78. The van der Waals surface area contributed by atoms with E-state index in [1.54, 1.807) is 0 Å². The molecule has 0 spiro atoms. The molecule has 1 unspecified atom stereocenters. The van der Waals surface area contributed by atoms with Gasteiger partial charge in [0, 0.05) is 5.56 Å². The van der Waals surface area contributed by atoms with Crippen LogP contribution in [0.3, 0.4) is 0 Å². The Kier molecular flexibility index (Phi) is 5.21. The van der Waals surface area contributed by atoms with Gasteiger partial charge < -0.3 is 4.79 Å². The summed E-state index contributed by atoms with van der Waals surface area (Å²) >= 11 is 0. The van der Waals surface area contributed by atoms with Gasteiger partial charge in [-0.3, -0.25) is 0 Å². The van der Waals surface area contributed by atoms with E-state index in [0.717, 1.165) is 23.3 Å². The molecule has 3 nitrogen and oxygen atoms in total. The Bertz CT molecular complexity index is 589. The third kappa shape index (κ3) is 2.83. The molecular weight excluding hydrogens is 283 g/mol. The van der Waals surface area contributed by atoms with Gasteiger partial charge >= 0.3 is 0 Å². The second kappa shape index (κ2) is 6.45. The standard InChI is InChI=1S/C14H10N2O.2ClH/c17-9-11-7-4-8-12-13(11)16-14(15-12)10-5-2-1-3-6-10;;/h1-9,11H;2*1H. The number of hydrogen-bond acceptors (Lipinski definition) is 3. The molecule has 0 amide bonds. The van der Waals surface area contributed by atoms with Crippen molar-refractivity contribution in [1.82, 2.24) is 0 Å². The zero-order chi connectivity index (χ0) is 11.7. The lowest BCUT2D eigenvalue weighted by atomic mass is 9.98. The number of aldehydes is 1. The minimum atomic E-state index is -0.264. The molecule has 1 heterocycles. The number of allylic oxidation sites excluding steroid dienone is 4. The predicted octanol–water partition coefficient (Wildman–Crippen LogP) is 3.00. The first-order valence-electron chi connectivity index (χ1n) is 5.45. The minimum Gasteiger partial charge on any atom is -0.302 e. The van der Waals surface area contributed by atoms with Crippen LogP contribution in [0.5, 0.6) is 0 Å². The number of rotatable bonds is 2. The Labute approximate surface area is 123 Å². The van der Waals surface area contributed by atoms with Crippen molar-refractivity contribution in [3.8, 4) is 0 Å². The van der Waals surface area contributed by atoms with Crippen molar-refractivity contribution in [1.29, 1.82) is 0 Å². The van der Waals surface area contributed by atoms with Crippen LogP contribution in [0.2, 0.25) is 0 Å². The SMILES string of the molecule is Cl.Cl.O=CC1C=CC=C2N=C(c3ccccc3)N=C21. The first kappa shape index (κ1) is 15.3. The maximum Gasteiger partial charge on any atom is 0.160 e. The molecule has 19 heavy (non-hydrogen) atoms. The maximum absolute atomic E-state index is 10.9. The lowest BCUT2D eigenvalue weighted by molar-refractivity contribution is -0.108. The van der Waals surface area contributed by atoms with E-state index in [0.29, 0.717) is 5.84 Å². The molecule has 0 N–H and O–H groups in total. The van der Waals surface area contributed by atoms with Gasteiger partial charge in [-0.2, -0.15) is 0 Å². The van der Waals surface area contributed by atoms with Gasteiger partial charge in [0.2, 0.25) is 0 Å². The number of carbonyl (C=O) groups is 1. The zero-order valence-corrected chi connectivity index (χ0v) is 11.5. The van der Waals surface area contributed by atoms with Gasteiger partial charge in [0.05, 0.1) is 17.3 Å². The monoisotopic (exact) mass is 294 g/mol. The van der Waals surface area contributed by atoms with Crippen molar-refractivity contribution in [2.24, 2.45) is 15.9 Å². The molecule has 1 aliphatic heterocycles. The van der Waals surface area contributed by atoms with Crippen molar-refractivity contribution in [3.05, 3.63) is 59.8 Å². The fraction of sp³-hybridized carbons (Fsp3) is 0.0714. The van der Waals surface area contributed by atoms with E-state index in [9.17, 15) is 4.79 Å². The second-order valence-electron chi connectivity index (χ2n) is 3.90. The van der Waals surface area contributed by atoms with Crippen molar-refractivity contribution in [2.45, 2.75) is 0 Å². The van der Waals surface area contributed by atoms with Gasteiger partial charge in [-0.15, -0.1) is 24.8 Å². The molecule has 1 atom stereocenters. The maximum atomic E-state index is 10.9. The van der Waals surface area contributed by atoms with Crippen LogP contribution in [0.15, 0.2) is 64.2 Å². The van der Waals surface area contributed by atoms with E-state index in [1.165, 1.54) is 0 Å². The molecule has 98 valence electrons. The first-order chi connectivity index (χ1) is 8.38. The fourth-order valence-electron chi connectivity index (χ4n) is 1.92. The highest BCUT2D eigenvalue weighted by molar-refractivity contribution is 6.22. The summed E-state index contributed by atoms with van der Waals surface area (Å²) in [5.74, 6) is 0.419. The number of carbonyl (C=O) groups excluding carboxylic acids is 1. The van der Waals surface area contributed by atoms with Crippen LogP contribution >= 0.6 is 24.8 Å². The highest BCUT2D eigenvalue weighted by Crippen LogP contribution is 2.23. The second-order valence-corrected chi connectivity index (χ2v) is 3.90. The number of amidine groups is 1. The van der Waals surface area contributed by atoms with Crippen LogP contribution in [0.1, 0.15) is 5.56 Å². The molecule has 0 radical (unpaired) electrons. The topological polar surface area (TPSA) is 41.8 Å². The van der Waals surface area contributed by atoms with Crippen LogP contribution < -0.4 is 0 Å². The number of fused-ring (bicyclic) bond motifs is 1. The number of benzene rings is 1. The number of aliphatic imine (C=N–C) groups is 2. The van der Waals surface area contributed by atoms with Crippen molar-refractivity contribution < 1.29 is 4.79 Å². The van der Waals surface area contributed by atoms with Gasteiger partial charge in [0.25, 0.3) is 0 Å². The first-order valence-corrected chi connectivity index (χ1v) is 5.45.